The number of phenols is 1. The van der Waals surface area contributed by atoms with E-state index in [0.717, 1.165) is 42.6 Å². The van der Waals surface area contributed by atoms with Crippen LogP contribution in [-0.2, 0) is 18.3 Å². The van der Waals surface area contributed by atoms with Crippen molar-refractivity contribution in [3.8, 4) is 22.6 Å². The van der Waals surface area contributed by atoms with E-state index in [0.29, 0.717) is 27.8 Å². The smallest absolute Gasteiger partial charge is 0.166 e. The molecule has 162 valence electrons. The number of phenolic OH excluding ortho intramolecular Hbond substituents is 1. The average molecular weight is 465 g/mol. The minimum absolute atomic E-state index is 0.107. The summed E-state index contributed by atoms with van der Waals surface area (Å²) in [5.74, 6) is 1.36. The van der Waals surface area contributed by atoms with E-state index < -0.39 is 0 Å². The number of aromatic nitrogens is 1. The Morgan fingerprint density at radius 2 is 1.94 bits per heavy atom. The zero-order valence-electron chi connectivity index (χ0n) is 17.6. The topological polar surface area (TPSA) is 45.6 Å². The first kappa shape index (κ1) is 19.2. The second-order valence-corrected chi connectivity index (χ2v) is 10.5. The van der Waals surface area contributed by atoms with Crippen molar-refractivity contribution in [1.29, 1.82) is 0 Å². The van der Waals surface area contributed by atoms with Gasteiger partial charge in [-0.1, -0.05) is 35.3 Å². The van der Waals surface area contributed by atoms with Crippen molar-refractivity contribution in [2.75, 3.05) is 13.6 Å². The van der Waals surface area contributed by atoms with Gasteiger partial charge in [0.1, 0.15) is 0 Å². The summed E-state index contributed by atoms with van der Waals surface area (Å²) < 4.78 is 6.58. The van der Waals surface area contributed by atoms with Gasteiger partial charge in [0, 0.05) is 28.8 Å². The molecule has 1 saturated heterocycles. The SMILES string of the molecule is CN1CC[C@]23c4c5ccc(O)c4O[C@H]2c2ncc(-c4ccc(Cl)c(Cl)c4)cc2C[C@H]3[C@@H]1C5. The standard InChI is InChI=1S/C26H22Cl2N2O2/c1-30-7-6-26-17-9-15-8-16(13-2-4-18(27)19(28)10-13)12-29-23(15)25(26)32-24-21(31)5-3-14(22(24)26)11-20(17)30/h2-5,8,10,12,17,20,25,31H,6-7,9,11H2,1H3/t17-,20-,25-,26-/m0/s1. The fraction of sp³-hybridized carbons (Fsp3) is 0.346. The van der Waals surface area contributed by atoms with E-state index in [1.807, 2.05) is 24.4 Å². The van der Waals surface area contributed by atoms with Gasteiger partial charge >= 0.3 is 0 Å². The van der Waals surface area contributed by atoms with Gasteiger partial charge < -0.3 is 14.7 Å². The highest BCUT2D eigenvalue weighted by molar-refractivity contribution is 6.42. The monoisotopic (exact) mass is 464 g/mol. The van der Waals surface area contributed by atoms with Gasteiger partial charge in [-0.3, -0.25) is 4.98 Å². The Morgan fingerprint density at radius 1 is 1.06 bits per heavy atom. The first-order valence-electron chi connectivity index (χ1n) is 11.1. The number of halogens is 2. The van der Waals surface area contributed by atoms with Gasteiger partial charge in [0.15, 0.2) is 17.6 Å². The molecule has 2 aliphatic heterocycles. The molecule has 0 saturated carbocycles. The number of benzene rings is 2. The van der Waals surface area contributed by atoms with Gasteiger partial charge in [-0.25, -0.2) is 0 Å². The molecular weight excluding hydrogens is 443 g/mol. The second-order valence-electron chi connectivity index (χ2n) is 9.70. The molecule has 4 aliphatic rings. The Bertz CT molecular complexity index is 1310. The largest absolute Gasteiger partial charge is 0.504 e. The van der Waals surface area contributed by atoms with E-state index in [2.05, 4.69) is 24.1 Å². The van der Waals surface area contributed by atoms with Crippen LogP contribution in [0.1, 0.15) is 34.9 Å². The number of likely N-dealkylation sites (tertiary alicyclic amines) is 1. The van der Waals surface area contributed by atoms with Crippen LogP contribution in [0.15, 0.2) is 42.6 Å². The summed E-state index contributed by atoms with van der Waals surface area (Å²) in [6.45, 7) is 1.03. The minimum Gasteiger partial charge on any atom is -0.504 e. The Hall–Kier alpha value is -2.27. The number of fused-ring (bicyclic) bond motifs is 2. The first-order chi connectivity index (χ1) is 15.5. The summed E-state index contributed by atoms with van der Waals surface area (Å²) in [4.78, 5) is 7.47. The fourth-order valence-corrected chi connectivity index (χ4v) is 7.20. The molecule has 7 rings (SSSR count). The molecular formula is C26H22Cl2N2O2. The molecule has 3 aromatic rings. The Morgan fingerprint density at radius 3 is 2.78 bits per heavy atom. The van der Waals surface area contributed by atoms with Crippen LogP contribution in [-0.4, -0.2) is 34.6 Å². The molecule has 32 heavy (non-hydrogen) atoms. The highest BCUT2D eigenvalue weighted by Gasteiger charge is 2.64. The predicted molar refractivity (Wildman–Crippen MR) is 125 cm³/mol. The lowest BCUT2D eigenvalue weighted by Crippen LogP contribution is -2.62. The number of likely N-dealkylation sites (N-methyl/N-ethyl adjacent to an activating group) is 1. The Kier molecular flexibility index (Phi) is 3.85. The molecule has 0 unspecified atom stereocenters. The third-order valence-corrected chi connectivity index (χ3v) is 9.07. The lowest BCUT2D eigenvalue weighted by molar-refractivity contribution is -0.0260. The van der Waals surface area contributed by atoms with Gasteiger partial charge in [-0.2, -0.15) is 0 Å². The molecule has 1 spiro atoms. The van der Waals surface area contributed by atoms with Gasteiger partial charge in [-0.15, -0.1) is 0 Å². The quantitative estimate of drug-likeness (QED) is 0.511. The summed E-state index contributed by atoms with van der Waals surface area (Å²) in [7, 11) is 2.24. The van der Waals surface area contributed by atoms with E-state index >= 15 is 0 Å². The van der Waals surface area contributed by atoms with Crippen LogP contribution in [0.2, 0.25) is 10.0 Å². The molecule has 1 fully saturated rings. The van der Waals surface area contributed by atoms with E-state index in [-0.39, 0.29) is 17.3 Å². The molecule has 0 radical (unpaired) electrons. The van der Waals surface area contributed by atoms with Crippen LogP contribution in [0, 0.1) is 5.92 Å². The van der Waals surface area contributed by atoms with E-state index in [1.54, 1.807) is 6.07 Å². The number of rotatable bonds is 1. The number of piperidine rings is 1. The highest BCUT2D eigenvalue weighted by Crippen LogP contribution is 2.66. The van der Waals surface area contributed by atoms with Crippen molar-refractivity contribution in [2.24, 2.45) is 5.92 Å². The van der Waals surface area contributed by atoms with E-state index in [4.69, 9.17) is 32.9 Å². The number of nitrogens with zero attached hydrogens (tertiary/aromatic N) is 2. The number of aromatic hydroxyl groups is 1. The van der Waals surface area contributed by atoms with E-state index in [1.165, 1.54) is 16.7 Å². The van der Waals surface area contributed by atoms with Gasteiger partial charge in [0.25, 0.3) is 0 Å². The summed E-state index contributed by atoms with van der Waals surface area (Å²) in [5, 5.41) is 11.8. The van der Waals surface area contributed by atoms with Crippen LogP contribution in [0.5, 0.6) is 11.5 Å². The molecule has 3 heterocycles. The maximum atomic E-state index is 10.7. The van der Waals surface area contributed by atoms with Crippen molar-refractivity contribution in [3.63, 3.8) is 0 Å². The minimum atomic E-state index is -0.155. The molecule has 1 N–H and O–H groups in total. The van der Waals surface area contributed by atoms with Crippen LogP contribution >= 0.6 is 23.2 Å². The number of hydrogen-bond acceptors (Lipinski definition) is 4. The summed E-state index contributed by atoms with van der Waals surface area (Å²) in [6, 6.07) is 12.3. The molecule has 4 nitrogen and oxygen atoms in total. The van der Waals surface area contributed by atoms with Crippen LogP contribution in [0.3, 0.4) is 0 Å². The zero-order valence-corrected chi connectivity index (χ0v) is 19.1. The molecule has 0 amide bonds. The second kappa shape index (κ2) is 6.40. The zero-order chi connectivity index (χ0) is 21.8. The average Bonchev–Trinajstić information content (AvgIpc) is 3.14. The number of ether oxygens (including phenoxy) is 1. The molecule has 1 aromatic heterocycles. The predicted octanol–water partition coefficient (Wildman–Crippen LogP) is 5.57. The first-order valence-corrected chi connectivity index (χ1v) is 11.9. The molecule has 4 atom stereocenters. The molecule has 2 bridgehead atoms. The van der Waals surface area contributed by atoms with E-state index in [9.17, 15) is 5.11 Å². The lowest BCUT2D eigenvalue weighted by atomic mass is 9.51. The third kappa shape index (κ3) is 2.30. The molecule has 6 heteroatoms. The van der Waals surface area contributed by atoms with Crippen molar-refractivity contribution in [2.45, 2.75) is 36.8 Å². The van der Waals surface area contributed by atoms with Gasteiger partial charge in [0.2, 0.25) is 0 Å². The Labute approximate surface area is 196 Å². The van der Waals surface area contributed by atoms with Gasteiger partial charge in [0.05, 0.1) is 15.7 Å². The van der Waals surface area contributed by atoms with Crippen molar-refractivity contribution in [3.05, 3.63) is 75.0 Å². The van der Waals surface area contributed by atoms with Crippen molar-refractivity contribution < 1.29 is 9.84 Å². The lowest BCUT2D eigenvalue weighted by Gasteiger charge is -2.57. The number of pyridine rings is 1. The number of hydrogen-bond donors (Lipinski definition) is 1. The molecule has 2 aromatic carbocycles. The van der Waals surface area contributed by atoms with Crippen LogP contribution in [0.25, 0.3) is 11.1 Å². The maximum Gasteiger partial charge on any atom is 0.166 e. The third-order valence-electron chi connectivity index (χ3n) is 8.33. The van der Waals surface area contributed by atoms with Crippen LogP contribution in [0.4, 0.5) is 0 Å². The van der Waals surface area contributed by atoms with Crippen molar-refractivity contribution in [1.82, 2.24) is 9.88 Å². The van der Waals surface area contributed by atoms with Gasteiger partial charge in [-0.05, 0) is 79.7 Å². The Balaban J connectivity index is 1.42. The normalized spacial score (nSPS) is 29.3. The fourth-order valence-electron chi connectivity index (χ4n) is 6.90. The highest BCUT2D eigenvalue weighted by atomic mass is 35.5. The van der Waals surface area contributed by atoms with Crippen molar-refractivity contribution >= 4 is 23.2 Å². The summed E-state index contributed by atoms with van der Waals surface area (Å²) in [5.41, 5.74) is 6.75. The summed E-state index contributed by atoms with van der Waals surface area (Å²) >= 11 is 12.4. The van der Waals surface area contributed by atoms with Crippen LogP contribution < -0.4 is 4.74 Å². The molecule has 2 aliphatic carbocycles. The maximum absolute atomic E-state index is 10.7. The summed E-state index contributed by atoms with van der Waals surface area (Å²) in [6.07, 6.45) is 4.74.